The van der Waals surface area contributed by atoms with E-state index in [0.717, 1.165) is 0 Å². The molecule has 1 saturated heterocycles. The van der Waals surface area contributed by atoms with E-state index in [1.54, 1.807) is 24.0 Å². The van der Waals surface area contributed by atoms with Crippen molar-refractivity contribution in [3.8, 4) is 0 Å². The number of halogens is 1. The van der Waals surface area contributed by atoms with Crippen LogP contribution in [0, 0.1) is 0 Å². The number of amides is 1. The number of hydrogen-bond donors (Lipinski definition) is 1. The van der Waals surface area contributed by atoms with Crippen molar-refractivity contribution < 1.29 is 17.9 Å². The Balaban J connectivity index is 0.00000288. The molecule has 1 aliphatic heterocycles. The third-order valence-electron chi connectivity index (χ3n) is 4.04. The summed E-state index contributed by atoms with van der Waals surface area (Å²) in [6, 6.07) is 5.72. The van der Waals surface area contributed by atoms with Crippen LogP contribution >= 0.6 is 12.4 Å². The minimum Gasteiger partial charge on any atom is -0.378 e. The summed E-state index contributed by atoms with van der Waals surface area (Å²) in [6.07, 6.45) is 0. The van der Waals surface area contributed by atoms with Gasteiger partial charge in [-0.15, -0.1) is 12.4 Å². The molecule has 1 aliphatic rings. The molecule has 7 nitrogen and oxygen atoms in total. The molecule has 0 aromatic heterocycles. The van der Waals surface area contributed by atoms with Crippen molar-refractivity contribution in [2.75, 3.05) is 39.9 Å². The molecule has 1 heterocycles. The average molecular weight is 378 g/mol. The Morgan fingerprint density at radius 3 is 2.33 bits per heavy atom. The number of benzene rings is 1. The molecule has 0 bridgehead atoms. The zero-order valence-corrected chi connectivity index (χ0v) is 15.5. The molecule has 136 valence electrons. The van der Waals surface area contributed by atoms with Crippen LogP contribution in [-0.2, 0) is 14.8 Å². The lowest BCUT2D eigenvalue weighted by Gasteiger charge is -2.27. The summed E-state index contributed by atoms with van der Waals surface area (Å²) in [5.74, 6) is -0.110. The summed E-state index contributed by atoms with van der Waals surface area (Å²) in [5.41, 5.74) is 6.00. The molecule has 0 spiro atoms. The Kier molecular flexibility index (Phi) is 7.62. The van der Waals surface area contributed by atoms with E-state index in [-0.39, 0.29) is 35.8 Å². The number of likely N-dealkylation sites (N-methyl/N-ethyl adjacent to an activating group) is 1. The summed E-state index contributed by atoms with van der Waals surface area (Å²) in [7, 11) is -2.11. The van der Waals surface area contributed by atoms with Gasteiger partial charge in [0.2, 0.25) is 10.0 Å². The van der Waals surface area contributed by atoms with Crippen LogP contribution in [0.25, 0.3) is 0 Å². The second-order valence-electron chi connectivity index (χ2n) is 5.53. The van der Waals surface area contributed by atoms with E-state index in [4.69, 9.17) is 10.5 Å². The molecule has 1 atom stereocenters. The van der Waals surface area contributed by atoms with Gasteiger partial charge >= 0.3 is 0 Å². The van der Waals surface area contributed by atoms with E-state index in [1.807, 2.05) is 0 Å². The van der Waals surface area contributed by atoms with Gasteiger partial charge in [-0.3, -0.25) is 4.79 Å². The first-order chi connectivity index (χ1) is 10.9. The van der Waals surface area contributed by atoms with Gasteiger partial charge in [0, 0.05) is 38.3 Å². The number of morpholine rings is 1. The molecular weight excluding hydrogens is 354 g/mol. The zero-order chi connectivity index (χ0) is 17.0. The van der Waals surface area contributed by atoms with E-state index >= 15 is 0 Å². The van der Waals surface area contributed by atoms with E-state index in [2.05, 4.69) is 0 Å². The van der Waals surface area contributed by atoms with E-state index < -0.39 is 10.0 Å². The molecule has 1 amide bonds. The van der Waals surface area contributed by atoms with Gasteiger partial charge in [0.25, 0.3) is 5.91 Å². The van der Waals surface area contributed by atoms with Crippen molar-refractivity contribution in [3.05, 3.63) is 29.8 Å². The Labute approximate surface area is 149 Å². The quantitative estimate of drug-likeness (QED) is 0.808. The van der Waals surface area contributed by atoms with Gasteiger partial charge < -0.3 is 15.4 Å². The Morgan fingerprint density at radius 2 is 1.83 bits per heavy atom. The molecule has 0 saturated carbocycles. The lowest BCUT2D eigenvalue weighted by molar-refractivity contribution is 0.0303. The minimum atomic E-state index is -3.61. The first-order valence-corrected chi connectivity index (χ1v) is 8.97. The normalized spacial score (nSPS) is 16.6. The maximum Gasteiger partial charge on any atom is 0.254 e. The number of hydrogen-bond acceptors (Lipinski definition) is 5. The second-order valence-corrected chi connectivity index (χ2v) is 7.53. The van der Waals surface area contributed by atoms with Crippen molar-refractivity contribution in [2.24, 2.45) is 5.73 Å². The van der Waals surface area contributed by atoms with Gasteiger partial charge in [-0.1, -0.05) is 0 Å². The Morgan fingerprint density at radius 1 is 1.29 bits per heavy atom. The Bertz CT molecular complexity index is 645. The van der Waals surface area contributed by atoms with E-state index in [0.29, 0.717) is 31.9 Å². The highest BCUT2D eigenvalue weighted by molar-refractivity contribution is 7.89. The van der Waals surface area contributed by atoms with Gasteiger partial charge in [0.05, 0.1) is 18.1 Å². The highest BCUT2D eigenvalue weighted by Gasteiger charge is 2.25. The molecule has 24 heavy (non-hydrogen) atoms. The average Bonchev–Trinajstić information content (AvgIpc) is 2.60. The SMILES string of the molecule is CC(CN)N(C)S(=O)(=O)c1ccc(C(=O)N2CCOCC2)cc1.Cl. The van der Waals surface area contributed by atoms with Crippen LogP contribution in [0.2, 0.25) is 0 Å². The van der Waals surface area contributed by atoms with Gasteiger partial charge in [-0.25, -0.2) is 8.42 Å². The lowest BCUT2D eigenvalue weighted by Crippen LogP contribution is -2.41. The number of carbonyl (C=O) groups is 1. The molecule has 0 aliphatic carbocycles. The summed E-state index contributed by atoms with van der Waals surface area (Å²) in [5, 5.41) is 0. The van der Waals surface area contributed by atoms with Crippen LogP contribution in [0.4, 0.5) is 0 Å². The van der Waals surface area contributed by atoms with Crippen LogP contribution < -0.4 is 5.73 Å². The second kappa shape index (κ2) is 8.77. The largest absolute Gasteiger partial charge is 0.378 e. The maximum atomic E-state index is 12.5. The van der Waals surface area contributed by atoms with Crippen molar-refractivity contribution >= 4 is 28.3 Å². The molecule has 1 fully saturated rings. The van der Waals surface area contributed by atoms with Crippen molar-refractivity contribution in [2.45, 2.75) is 17.9 Å². The van der Waals surface area contributed by atoms with Crippen LogP contribution in [0.15, 0.2) is 29.2 Å². The number of sulfonamides is 1. The standard InChI is InChI=1S/C15H23N3O4S.ClH/c1-12(11-16)17(2)23(20,21)14-5-3-13(4-6-14)15(19)18-7-9-22-10-8-18;/h3-6,12H,7-11,16H2,1-2H3;1H. The molecule has 0 radical (unpaired) electrons. The van der Waals surface area contributed by atoms with Crippen LogP contribution in [0.1, 0.15) is 17.3 Å². The number of carbonyl (C=O) groups excluding carboxylic acids is 1. The third kappa shape index (κ3) is 4.46. The molecule has 2 rings (SSSR count). The molecular formula is C15H24ClN3O4S. The van der Waals surface area contributed by atoms with Crippen LogP contribution in [0.3, 0.4) is 0 Å². The zero-order valence-electron chi connectivity index (χ0n) is 13.8. The number of ether oxygens (including phenoxy) is 1. The molecule has 2 N–H and O–H groups in total. The predicted molar refractivity (Wildman–Crippen MR) is 93.9 cm³/mol. The summed E-state index contributed by atoms with van der Waals surface area (Å²) >= 11 is 0. The fourth-order valence-electron chi connectivity index (χ4n) is 2.27. The van der Waals surface area contributed by atoms with Crippen molar-refractivity contribution in [1.29, 1.82) is 0 Å². The monoisotopic (exact) mass is 377 g/mol. The van der Waals surface area contributed by atoms with Gasteiger partial charge in [0.1, 0.15) is 0 Å². The van der Waals surface area contributed by atoms with Gasteiger partial charge in [0.15, 0.2) is 0 Å². The molecule has 1 unspecified atom stereocenters. The highest BCUT2D eigenvalue weighted by atomic mass is 35.5. The Hall–Kier alpha value is -1.19. The van der Waals surface area contributed by atoms with E-state index in [9.17, 15) is 13.2 Å². The van der Waals surface area contributed by atoms with Gasteiger partial charge in [-0.05, 0) is 31.2 Å². The third-order valence-corrected chi connectivity index (χ3v) is 6.02. The van der Waals surface area contributed by atoms with Crippen LogP contribution in [0.5, 0.6) is 0 Å². The van der Waals surface area contributed by atoms with E-state index in [1.165, 1.54) is 23.5 Å². The summed E-state index contributed by atoms with van der Waals surface area (Å²) < 4.78 is 31.4. The molecule has 1 aromatic carbocycles. The first kappa shape index (κ1) is 20.9. The number of rotatable bonds is 5. The van der Waals surface area contributed by atoms with Gasteiger partial charge in [-0.2, -0.15) is 4.31 Å². The predicted octanol–water partition coefficient (Wildman–Crippen LogP) is 0.549. The topological polar surface area (TPSA) is 92.9 Å². The van der Waals surface area contributed by atoms with Crippen molar-refractivity contribution in [3.63, 3.8) is 0 Å². The molecule has 9 heteroatoms. The summed E-state index contributed by atoms with van der Waals surface area (Å²) in [6.45, 7) is 4.14. The highest BCUT2D eigenvalue weighted by Crippen LogP contribution is 2.18. The number of nitrogens with zero attached hydrogens (tertiary/aromatic N) is 2. The molecule has 1 aromatic rings. The summed E-state index contributed by atoms with van der Waals surface area (Å²) in [4.78, 5) is 14.2. The minimum absolute atomic E-state index is 0. The smallest absolute Gasteiger partial charge is 0.254 e. The fourth-order valence-corrected chi connectivity index (χ4v) is 3.64. The first-order valence-electron chi connectivity index (χ1n) is 7.53. The maximum absolute atomic E-state index is 12.5. The lowest BCUT2D eigenvalue weighted by atomic mass is 10.2. The van der Waals surface area contributed by atoms with Crippen LogP contribution in [-0.4, -0.2) is 69.5 Å². The fraction of sp³-hybridized carbons (Fsp3) is 0.533. The van der Waals surface area contributed by atoms with Crippen molar-refractivity contribution in [1.82, 2.24) is 9.21 Å². The number of nitrogens with two attached hydrogens (primary N) is 1.